The number of carbonyl (C=O) groups excluding carboxylic acids is 2. The number of hydrogen-bond acceptors (Lipinski definition) is 3. The third kappa shape index (κ3) is 4.37. The molecule has 4 rings (SSSR count). The molecule has 160 valence electrons. The van der Waals surface area contributed by atoms with Gasteiger partial charge in [-0.25, -0.2) is 4.98 Å². The van der Waals surface area contributed by atoms with Crippen LogP contribution in [0.4, 0.5) is 5.69 Å². The van der Waals surface area contributed by atoms with Gasteiger partial charge in [0, 0.05) is 23.7 Å². The van der Waals surface area contributed by atoms with E-state index in [9.17, 15) is 9.59 Å². The number of aryl methyl sites for hydroxylation is 2. The molecule has 0 saturated heterocycles. The van der Waals surface area contributed by atoms with E-state index in [4.69, 9.17) is 4.98 Å². The summed E-state index contributed by atoms with van der Waals surface area (Å²) >= 11 is 0. The summed E-state index contributed by atoms with van der Waals surface area (Å²) in [5, 5.41) is 6.41. The molecule has 0 radical (unpaired) electrons. The fourth-order valence-corrected chi connectivity index (χ4v) is 3.85. The number of carbonyl (C=O) groups is 2. The minimum absolute atomic E-state index is 0.113. The highest BCUT2D eigenvalue weighted by Crippen LogP contribution is 2.28. The number of para-hydroxylation sites is 2. The molecule has 32 heavy (non-hydrogen) atoms. The second-order valence-electron chi connectivity index (χ2n) is 7.85. The van der Waals surface area contributed by atoms with Gasteiger partial charge in [-0.3, -0.25) is 9.59 Å². The average Bonchev–Trinajstić information content (AvgIpc) is 2.79. The van der Waals surface area contributed by atoms with Gasteiger partial charge in [-0.05, 0) is 43.2 Å². The number of pyridine rings is 1. The normalized spacial score (nSPS) is 10.7. The molecule has 5 nitrogen and oxygen atoms in total. The second-order valence-corrected chi connectivity index (χ2v) is 7.85. The zero-order valence-corrected chi connectivity index (χ0v) is 18.4. The molecule has 2 N–H and O–H groups in total. The van der Waals surface area contributed by atoms with Crippen molar-refractivity contribution < 1.29 is 9.59 Å². The van der Waals surface area contributed by atoms with E-state index in [0.717, 1.165) is 33.3 Å². The number of likely N-dealkylation sites (N-methyl/N-ethyl adjacent to an activating group) is 1. The number of nitrogens with zero attached hydrogens (tertiary/aromatic N) is 1. The largest absolute Gasteiger partial charge is 0.359 e. The summed E-state index contributed by atoms with van der Waals surface area (Å²) in [6.45, 7) is 4.10. The number of aromatic nitrogens is 1. The van der Waals surface area contributed by atoms with Crippen molar-refractivity contribution in [2.45, 2.75) is 20.3 Å². The molecular weight excluding hydrogens is 398 g/mol. The summed E-state index contributed by atoms with van der Waals surface area (Å²) < 4.78 is 0. The molecule has 1 aromatic heterocycles. The van der Waals surface area contributed by atoms with Crippen LogP contribution in [0.15, 0.2) is 72.8 Å². The molecule has 5 heteroatoms. The molecule has 0 atom stereocenters. The molecule has 0 aliphatic heterocycles. The summed E-state index contributed by atoms with van der Waals surface area (Å²) in [7, 11) is 1.60. The van der Waals surface area contributed by atoms with Gasteiger partial charge in [0.1, 0.15) is 0 Å². The molecule has 2 amide bonds. The van der Waals surface area contributed by atoms with Crippen LogP contribution in [0, 0.1) is 13.8 Å². The standard InChI is InChI=1S/C27H25N3O2/c1-17-12-13-20(18(2)14-17)25-16-22(21-9-5-7-11-24(21)29-25)27(32)30-23-10-6-4-8-19(23)15-26(31)28-3/h4-14,16H,15H2,1-3H3,(H,28,31)(H,30,32). The van der Waals surface area contributed by atoms with E-state index < -0.39 is 0 Å². The summed E-state index contributed by atoms with van der Waals surface area (Å²) in [6, 6.07) is 23.0. The predicted molar refractivity (Wildman–Crippen MR) is 129 cm³/mol. The van der Waals surface area contributed by atoms with Crippen molar-refractivity contribution in [3.8, 4) is 11.3 Å². The summed E-state index contributed by atoms with van der Waals surface area (Å²) in [5.41, 5.74) is 6.71. The first kappa shape index (κ1) is 21.2. The number of hydrogen-bond donors (Lipinski definition) is 2. The van der Waals surface area contributed by atoms with E-state index in [1.54, 1.807) is 7.05 Å². The molecule has 0 bridgehead atoms. The smallest absolute Gasteiger partial charge is 0.256 e. The van der Waals surface area contributed by atoms with Gasteiger partial charge in [-0.15, -0.1) is 0 Å². The van der Waals surface area contributed by atoms with E-state index in [1.165, 1.54) is 5.56 Å². The Bertz CT molecular complexity index is 1330. The van der Waals surface area contributed by atoms with Gasteiger partial charge < -0.3 is 10.6 Å². The van der Waals surface area contributed by atoms with Crippen molar-refractivity contribution >= 4 is 28.4 Å². The number of fused-ring (bicyclic) bond motifs is 1. The van der Waals surface area contributed by atoms with Crippen molar-refractivity contribution in [1.29, 1.82) is 0 Å². The van der Waals surface area contributed by atoms with Crippen LogP contribution in [0.5, 0.6) is 0 Å². The summed E-state index contributed by atoms with van der Waals surface area (Å²) in [5.74, 6) is -0.350. The Labute approximate surface area is 187 Å². The van der Waals surface area contributed by atoms with E-state index in [2.05, 4.69) is 23.6 Å². The number of anilines is 1. The van der Waals surface area contributed by atoms with Crippen molar-refractivity contribution in [1.82, 2.24) is 10.3 Å². The summed E-state index contributed by atoms with van der Waals surface area (Å²) in [4.78, 5) is 30.1. The lowest BCUT2D eigenvalue weighted by Crippen LogP contribution is -2.21. The Morgan fingerprint density at radius 1 is 0.906 bits per heavy atom. The lowest BCUT2D eigenvalue weighted by Gasteiger charge is -2.14. The maximum absolute atomic E-state index is 13.4. The molecule has 0 fully saturated rings. The van der Waals surface area contributed by atoms with Gasteiger partial charge in [-0.2, -0.15) is 0 Å². The van der Waals surface area contributed by atoms with Crippen LogP contribution in [0.1, 0.15) is 27.0 Å². The van der Waals surface area contributed by atoms with Gasteiger partial charge in [0.25, 0.3) is 5.91 Å². The molecule has 0 saturated carbocycles. The zero-order valence-electron chi connectivity index (χ0n) is 18.4. The Kier molecular flexibility index (Phi) is 5.99. The Morgan fingerprint density at radius 2 is 1.66 bits per heavy atom. The van der Waals surface area contributed by atoms with Gasteiger partial charge in [0.05, 0.1) is 23.2 Å². The lowest BCUT2D eigenvalue weighted by molar-refractivity contribution is -0.119. The molecular formula is C27H25N3O2. The highest BCUT2D eigenvalue weighted by atomic mass is 16.2. The highest BCUT2D eigenvalue weighted by molar-refractivity contribution is 6.13. The Hall–Kier alpha value is -3.99. The third-order valence-electron chi connectivity index (χ3n) is 5.51. The van der Waals surface area contributed by atoms with Crippen LogP contribution < -0.4 is 10.6 Å². The number of amides is 2. The first-order valence-electron chi connectivity index (χ1n) is 10.5. The van der Waals surface area contributed by atoms with Crippen LogP contribution in [0.2, 0.25) is 0 Å². The van der Waals surface area contributed by atoms with Crippen molar-refractivity contribution in [3.05, 3.63) is 95.1 Å². The quantitative estimate of drug-likeness (QED) is 0.471. The van der Waals surface area contributed by atoms with E-state index in [1.807, 2.05) is 73.7 Å². The van der Waals surface area contributed by atoms with Gasteiger partial charge in [0.2, 0.25) is 5.91 Å². The van der Waals surface area contributed by atoms with Gasteiger partial charge in [-0.1, -0.05) is 60.2 Å². The average molecular weight is 424 g/mol. The summed E-state index contributed by atoms with van der Waals surface area (Å²) in [6.07, 6.45) is 0.192. The molecule has 0 spiro atoms. The topological polar surface area (TPSA) is 71.1 Å². The fourth-order valence-electron chi connectivity index (χ4n) is 3.85. The van der Waals surface area contributed by atoms with Crippen LogP contribution in [-0.2, 0) is 11.2 Å². The van der Waals surface area contributed by atoms with E-state index in [0.29, 0.717) is 11.3 Å². The SMILES string of the molecule is CNC(=O)Cc1ccccc1NC(=O)c1cc(-c2ccc(C)cc2C)nc2ccccc12. The Morgan fingerprint density at radius 3 is 2.44 bits per heavy atom. The van der Waals surface area contributed by atoms with E-state index >= 15 is 0 Å². The Balaban J connectivity index is 1.77. The van der Waals surface area contributed by atoms with Gasteiger partial charge in [0.15, 0.2) is 0 Å². The zero-order chi connectivity index (χ0) is 22.7. The minimum Gasteiger partial charge on any atom is -0.359 e. The molecule has 0 aliphatic carbocycles. The van der Waals surface area contributed by atoms with Crippen molar-refractivity contribution in [3.63, 3.8) is 0 Å². The first-order chi connectivity index (χ1) is 15.5. The maximum atomic E-state index is 13.4. The molecule has 3 aromatic carbocycles. The first-order valence-corrected chi connectivity index (χ1v) is 10.5. The molecule has 0 aliphatic rings. The molecule has 0 unspecified atom stereocenters. The van der Waals surface area contributed by atoms with Crippen molar-refractivity contribution in [2.75, 3.05) is 12.4 Å². The fraction of sp³-hybridized carbons (Fsp3) is 0.148. The van der Waals surface area contributed by atoms with Crippen LogP contribution in [0.3, 0.4) is 0 Å². The number of nitrogens with one attached hydrogen (secondary N) is 2. The van der Waals surface area contributed by atoms with E-state index in [-0.39, 0.29) is 18.2 Å². The van der Waals surface area contributed by atoms with Crippen LogP contribution in [-0.4, -0.2) is 23.8 Å². The lowest BCUT2D eigenvalue weighted by atomic mass is 9.99. The number of benzene rings is 3. The predicted octanol–water partition coefficient (Wildman–Crippen LogP) is 5.06. The monoisotopic (exact) mass is 423 g/mol. The highest BCUT2D eigenvalue weighted by Gasteiger charge is 2.17. The minimum atomic E-state index is -0.237. The maximum Gasteiger partial charge on any atom is 0.256 e. The van der Waals surface area contributed by atoms with Gasteiger partial charge >= 0.3 is 0 Å². The molecule has 4 aromatic rings. The number of rotatable bonds is 5. The third-order valence-corrected chi connectivity index (χ3v) is 5.51. The molecule has 1 heterocycles. The van der Waals surface area contributed by atoms with Crippen molar-refractivity contribution in [2.24, 2.45) is 0 Å². The van der Waals surface area contributed by atoms with Crippen LogP contribution in [0.25, 0.3) is 22.2 Å². The van der Waals surface area contributed by atoms with Crippen LogP contribution >= 0.6 is 0 Å². The second kappa shape index (κ2) is 9.02.